The Morgan fingerprint density at radius 1 is 1.17 bits per heavy atom. The lowest BCUT2D eigenvalue weighted by Gasteiger charge is -2.11. The predicted molar refractivity (Wildman–Crippen MR) is 94.7 cm³/mol. The quantitative estimate of drug-likeness (QED) is 0.680. The fourth-order valence-electron chi connectivity index (χ4n) is 2.20. The minimum Gasteiger partial charge on any atom is -0.341 e. The van der Waals surface area contributed by atoms with E-state index in [1.165, 1.54) is 18.5 Å². The van der Waals surface area contributed by atoms with Crippen LogP contribution in [0.25, 0.3) is 11.3 Å². The van der Waals surface area contributed by atoms with Crippen molar-refractivity contribution < 1.29 is 8.42 Å². The lowest BCUT2D eigenvalue weighted by atomic mass is 10.2. The van der Waals surface area contributed by atoms with Crippen molar-refractivity contribution in [1.82, 2.24) is 19.7 Å². The SMILES string of the molecule is C[C@@H](NS(=O)(=O)c1cccnc1)c1ncc(-c2ccc(Br)cc2)[nH]1. The minimum absolute atomic E-state index is 0.122. The average Bonchev–Trinajstić information content (AvgIpc) is 3.06. The molecular formula is C16H15BrN4O2S. The second-order valence-corrected chi connectivity index (χ2v) is 7.85. The first-order valence-electron chi connectivity index (χ1n) is 7.19. The number of nitrogens with one attached hydrogen (secondary N) is 2. The van der Waals surface area contributed by atoms with Gasteiger partial charge in [-0.1, -0.05) is 28.1 Å². The molecule has 24 heavy (non-hydrogen) atoms. The van der Waals surface area contributed by atoms with Gasteiger partial charge < -0.3 is 4.98 Å². The summed E-state index contributed by atoms with van der Waals surface area (Å²) in [5, 5.41) is 0. The van der Waals surface area contributed by atoms with E-state index in [4.69, 9.17) is 0 Å². The second-order valence-electron chi connectivity index (χ2n) is 5.22. The Balaban J connectivity index is 1.79. The molecule has 0 fully saturated rings. The molecule has 0 aliphatic rings. The van der Waals surface area contributed by atoms with E-state index in [-0.39, 0.29) is 4.90 Å². The highest BCUT2D eigenvalue weighted by Gasteiger charge is 2.20. The molecule has 2 heterocycles. The van der Waals surface area contributed by atoms with Crippen LogP contribution >= 0.6 is 15.9 Å². The number of sulfonamides is 1. The van der Waals surface area contributed by atoms with Gasteiger partial charge in [0.2, 0.25) is 10.0 Å². The zero-order valence-electron chi connectivity index (χ0n) is 12.8. The van der Waals surface area contributed by atoms with Gasteiger partial charge in [-0.2, -0.15) is 0 Å². The molecule has 6 nitrogen and oxygen atoms in total. The normalized spacial score (nSPS) is 12.9. The summed E-state index contributed by atoms with van der Waals surface area (Å²) in [5.41, 5.74) is 1.80. The van der Waals surface area contributed by atoms with Crippen LogP contribution in [0.1, 0.15) is 18.8 Å². The number of aromatic amines is 1. The molecule has 0 aliphatic heterocycles. The van der Waals surface area contributed by atoms with Crippen molar-refractivity contribution in [1.29, 1.82) is 0 Å². The van der Waals surface area contributed by atoms with Crippen LogP contribution in [0.3, 0.4) is 0 Å². The molecule has 0 saturated heterocycles. The van der Waals surface area contributed by atoms with Crippen LogP contribution in [-0.2, 0) is 10.0 Å². The molecule has 0 aliphatic carbocycles. The third kappa shape index (κ3) is 3.72. The van der Waals surface area contributed by atoms with Gasteiger partial charge in [0, 0.05) is 16.9 Å². The summed E-state index contributed by atoms with van der Waals surface area (Å²) in [4.78, 5) is 11.4. The molecule has 2 aromatic heterocycles. The smallest absolute Gasteiger partial charge is 0.242 e. The van der Waals surface area contributed by atoms with Crippen molar-refractivity contribution >= 4 is 26.0 Å². The second kappa shape index (κ2) is 6.84. The lowest BCUT2D eigenvalue weighted by molar-refractivity contribution is 0.561. The van der Waals surface area contributed by atoms with Crippen molar-refractivity contribution in [3.8, 4) is 11.3 Å². The van der Waals surface area contributed by atoms with Crippen LogP contribution in [0, 0.1) is 0 Å². The van der Waals surface area contributed by atoms with Gasteiger partial charge in [-0.05, 0) is 36.8 Å². The van der Waals surface area contributed by atoms with Gasteiger partial charge in [0.1, 0.15) is 10.7 Å². The molecule has 0 bridgehead atoms. The topological polar surface area (TPSA) is 87.7 Å². The first kappa shape index (κ1) is 16.8. The molecule has 3 rings (SSSR count). The Bertz CT molecular complexity index is 924. The van der Waals surface area contributed by atoms with E-state index in [9.17, 15) is 8.42 Å². The number of hydrogen-bond donors (Lipinski definition) is 2. The summed E-state index contributed by atoms with van der Waals surface area (Å²) in [6.07, 6.45) is 4.53. The maximum atomic E-state index is 12.3. The number of rotatable bonds is 5. The monoisotopic (exact) mass is 406 g/mol. The van der Waals surface area contributed by atoms with Crippen LogP contribution < -0.4 is 4.72 Å². The predicted octanol–water partition coefficient (Wildman–Crippen LogP) is 3.27. The molecule has 124 valence electrons. The number of nitrogens with zero attached hydrogens (tertiary/aromatic N) is 2. The van der Waals surface area contributed by atoms with Crippen molar-refractivity contribution in [2.24, 2.45) is 0 Å². The zero-order valence-corrected chi connectivity index (χ0v) is 15.2. The molecule has 0 unspecified atom stereocenters. The summed E-state index contributed by atoms with van der Waals surface area (Å²) in [5.74, 6) is 0.542. The number of aromatic nitrogens is 3. The fourth-order valence-corrected chi connectivity index (χ4v) is 3.63. The molecular weight excluding hydrogens is 392 g/mol. The van der Waals surface area contributed by atoms with Gasteiger partial charge in [-0.3, -0.25) is 4.98 Å². The number of benzene rings is 1. The van der Waals surface area contributed by atoms with Gasteiger partial charge in [-0.15, -0.1) is 0 Å². The number of H-pyrrole nitrogens is 1. The summed E-state index contributed by atoms with van der Waals surface area (Å²) in [7, 11) is -3.65. The molecule has 8 heteroatoms. The molecule has 0 radical (unpaired) electrons. The molecule has 0 amide bonds. The molecule has 1 aromatic carbocycles. The van der Waals surface area contributed by atoms with E-state index in [2.05, 4.69) is 35.6 Å². The van der Waals surface area contributed by atoms with Crippen LogP contribution in [0.4, 0.5) is 0 Å². The van der Waals surface area contributed by atoms with E-state index in [0.29, 0.717) is 5.82 Å². The standard InChI is InChI=1S/C16H15BrN4O2S/c1-11(21-24(22,23)14-3-2-8-18-9-14)16-19-10-15(20-16)12-4-6-13(17)7-5-12/h2-11,21H,1H3,(H,19,20)/t11-/m1/s1. The summed E-state index contributed by atoms with van der Waals surface area (Å²) in [6, 6.07) is 10.3. The Kier molecular flexibility index (Phi) is 4.79. The summed E-state index contributed by atoms with van der Waals surface area (Å²) >= 11 is 3.39. The number of halogens is 1. The van der Waals surface area contributed by atoms with Crippen molar-refractivity contribution in [3.63, 3.8) is 0 Å². The van der Waals surface area contributed by atoms with Gasteiger partial charge in [0.25, 0.3) is 0 Å². The summed E-state index contributed by atoms with van der Waals surface area (Å²) < 4.78 is 28.2. The Morgan fingerprint density at radius 3 is 2.58 bits per heavy atom. The Labute approximate surface area is 148 Å². The Morgan fingerprint density at radius 2 is 1.92 bits per heavy atom. The van der Waals surface area contributed by atoms with Crippen molar-refractivity contribution in [3.05, 3.63) is 65.3 Å². The minimum atomic E-state index is -3.65. The van der Waals surface area contributed by atoms with E-state index >= 15 is 0 Å². The van der Waals surface area contributed by atoms with E-state index in [1.54, 1.807) is 19.2 Å². The molecule has 0 saturated carbocycles. The Hall–Kier alpha value is -2.03. The van der Waals surface area contributed by atoms with Crippen molar-refractivity contribution in [2.45, 2.75) is 17.9 Å². The third-order valence-corrected chi connectivity index (χ3v) is 5.49. The first-order chi connectivity index (χ1) is 11.5. The van der Waals surface area contributed by atoms with Gasteiger partial charge in [-0.25, -0.2) is 18.1 Å². The fraction of sp³-hybridized carbons (Fsp3) is 0.125. The molecule has 1 atom stereocenters. The van der Waals surface area contributed by atoms with Crippen LogP contribution in [-0.4, -0.2) is 23.4 Å². The van der Waals surface area contributed by atoms with Crippen LogP contribution in [0.2, 0.25) is 0 Å². The van der Waals surface area contributed by atoms with Gasteiger partial charge in [0.05, 0.1) is 17.9 Å². The first-order valence-corrected chi connectivity index (χ1v) is 9.46. The molecule has 2 N–H and O–H groups in total. The molecule has 3 aromatic rings. The zero-order chi connectivity index (χ0) is 17.2. The number of imidazole rings is 1. The molecule has 0 spiro atoms. The maximum Gasteiger partial charge on any atom is 0.242 e. The largest absolute Gasteiger partial charge is 0.341 e. The third-order valence-electron chi connectivity index (χ3n) is 3.44. The van der Waals surface area contributed by atoms with Crippen molar-refractivity contribution in [2.75, 3.05) is 0 Å². The number of pyridine rings is 1. The van der Waals surface area contributed by atoms with E-state index in [0.717, 1.165) is 15.7 Å². The van der Waals surface area contributed by atoms with Gasteiger partial charge in [0.15, 0.2) is 0 Å². The highest BCUT2D eigenvalue weighted by Crippen LogP contribution is 2.22. The maximum absolute atomic E-state index is 12.3. The number of hydrogen-bond acceptors (Lipinski definition) is 4. The summed E-state index contributed by atoms with van der Waals surface area (Å²) in [6.45, 7) is 1.73. The highest BCUT2D eigenvalue weighted by atomic mass is 79.9. The van der Waals surface area contributed by atoms with Gasteiger partial charge >= 0.3 is 0 Å². The van der Waals surface area contributed by atoms with E-state index in [1.807, 2.05) is 24.3 Å². The van der Waals surface area contributed by atoms with Crippen LogP contribution in [0.5, 0.6) is 0 Å². The van der Waals surface area contributed by atoms with E-state index < -0.39 is 16.1 Å². The lowest BCUT2D eigenvalue weighted by Crippen LogP contribution is -2.27. The van der Waals surface area contributed by atoms with Crippen LogP contribution in [0.15, 0.2) is 64.4 Å². The highest BCUT2D eigenvalue weighted by molar-refractivity contribution is 9.10. The average molecular weight is 407 g/mol.